The summed E-state index contributed by atoms with van der Waals surface area (Å²) in [6.45, 7) is 4.39. The van der Waals surface area contributed by atoms with Crippen molar-refractivity contribution in [1.29, 1.82) is 0 Å². The maximum absolute atomic E-state index is 12.5. The summed E-state index contributed by atoms with van der Waals surface area (Å²) in [6.07, 6.45) is 4.49. The van der Waals surface area contributed by atoms with Gasteiger partial charge >= 0.3 is 15.6 Å². The van der Waals surface area contributed by atoms with E-state index in [-0.39, 0.29) is 18.3 Å². The quantitative estimate of drug-likeness (QED) is 0.480. The molecular formula is C16H25F3O5S. The van der Waals surface area contributed by atoms with Crippen LogP contribution in [0.1, 0.15) is 65.2 Å². The summed E-state index contributed by atoms with van der Waals surface area (Å²) in [5.41, 5.74) is -4.78. The molecule has 1 atom stereocenters. The van der Waals surface area contributed by atoms with Gasteiger partial charge in [-0.15, -0.1) is 0 Å². The summed E-state index contributed by atoms with van der Waals surface area (Å²) in [5.74, 6) is -0.635. The van der Waals surface area contributed by atoms with Crippen LogP contribution in [-0.4, -0.2) is 32.4 Å². The van der Waals surface area contributed by atoms with Gasteiger partial charge in [0, 0.05) is 6.42 Å². The number of halogens is 3. The van der Waals surface area contributed by atoms with Crippen LogP contribution in [0, 0.1) is 0 Å². The average Bonchev–Trinajstić information content (AvgIpc) is 2.97. The summed E-state index contributed by atoms with van der Waals surface area (Å²) in [7, 11) is -5.61. The highest BCUT2D eigenvalue weighted by molar-refractivity contribution is 7.87. The second-order valence-corrected chi connectivity index (χ2v) is 7.96. The molecule has 1 heterocycles. The van der Waals surface area contributed by atoms with Crippen molar-refractivity contribution in [3.8, 4) is 0 Å². The minimum atomic E-state index is -5.61. The van der Waals surface area contributed by atoms with Crippen molar-refractivity contribution < 1.29 is 35.2 Å². The van der Waals surface area contributed by atoms with Crippen LogP contribution in [0.25, 0.3) is 0 Å². The van der Waals surface area contributed by atoms with Gasteiger partial charge in [-0.2, -0.15) is 21.6 Å². The standard InChI is InChI=1S/C16H25F3O5S/c1-3-15(4-2)22-11-13(23-15)10-9-12-7-5-6-8-14(12)24-25(20,21)16(17,18)19/h13H,3-11H2,1-2H3/t13-/m0/s1. The van der Waals surface area contributed by atoms with Crippen molar-refractivity contribution in [2.75, 3.05) is 6.61 Å². The molecule has 0 unspecified atom stereocenters. The summed E-state index contributed by atoms with van der Waals surface area (Å²) in [4.78, 5) is 0. The number of rotatable bonds is 7. The first-order valence-electron chi connectivity index (χ1n) is 8.66. The molecule has 9 heteroatoms. The molecule has 5 nitrogen and oxygen atoms in total. The van der Waals surface area contributed by atoms with Crippen LogP contribution in [-0.2, 0) is 23.8 Å². The Morgan fingerprint density at radius 1 is 1.20 bits per heavy atom. The molecule has 2 aliphatic rings. The molecule has 0 aromatic heterocycles. The fraction of sp³-hybridized carbons (Fsp3) is 0.875. The van der Waals surface area contributed by atoms with E-state index in [1.807, 2.05) is 13.8 Å². The molecule has 25 heavy (non-hydrogen) atoms. The molecule has 0 spiro atoms. The van der Waals surface area contributed by atoms with Gasteiger partial charge in [0.15, 0.2) is 5.79 Å². The molecule has 2 rings (SSSR count). The molecule has 146 valence electrons. The van der Waals surface area contributed by atoms with Crippen molar-refractivity contribution in [1.82, 2.24) is 0 Å². The zero-order valence-corrected chi connectivity index (χ0v) is 15.3. The fourth-order valence-corrected chi connectivity index (χ4v) is 3.76. The summed E-state index contributed by atoms with van der Waals surface area (Å²) < 4.78 is 76.2. The molecule has 0 radical (unpaired) electrons. The van der Waals surface area contributed by atoms with E-state index in [4.69, 9.17) is 9.47 Å². The van der Waals surface area contributed by atoms with E-state index in [1.165, 1.54) is 0 Å². The minimum absolute atomic E-state index is 0.0558. The smallest absolute Gasteiger partial charge is 0.381 e. The van der Waals surface area contributed by atoms with E-state index in [2.05, 4.69) is 4.18 Å². The Kier molecular flexibility index (Phi) is 6.43. The normalized spacial score (nSPS) is 24.6. The zero-order valence-electron chi connectivity index (χ0n) is 14.5. The zero-order chi connectivity index (χ0) is 18.7. The highest BCUT2D eigenvalue weighted by Crippen LogP contribution is 2.36. The highest BCUT2D eigenvalue weighted by atomic mass is 32.2. The van der Waals surface area contributed by atoms with Crippen molar-refractivity contribution in [3.05, 3.63) is 11.3 Å². The molecule has 0 amide bonds. The van der Waals surface area contributed by atoms with Crippen molar-refractivity contribution in [2.24, 2.45) is 0 Å². The van der Waals surface area contributed by atoms with E-state index in [1.54, 1.807) is 0 Å². The van der Waals surface area contributed by atoms with Crippen molar-refractivity contribution in [3.63, 3.8) is 0 Å². The molecule has 0 N–H and O–H groups in total. The third kappa shape index (κ3) is 4.89. The van der Waals surface area contributed by atoms with E-state index >= 15 is 0 Å². The molecule has 0 aromatic carbocycles. The van der Waals surface area contributed by atoms with Crippen molar-refractivity contribution in [2.45, 2.75) is 82.6 Å². The van der Waals surface area contributed by atoms with Gasteiger partial charge in [0.2, 0.25) is 0 Å². The largest absolute Gasteiger partial charge is 0.534 e. The molecule has 0 saturated carbocycles. The summed E-state index contributed by atoms with van der Waals surface area (Å²) >= 11 is 0. The van der Waals surface area contributed by atoms with Crippen LogP contribution in [0.3, 0.4) is 0 Å². The first kappa shape index (κ1) is 20.5. The van der Waals surface area contributed by atoms with Crippen LogP contribution in [0.4, 0.5) is 13.2 Å². The topological polar surface area (TPSA) is 61.8 Å². The van der Waals surface area contributed by atoms with Gasteiger partial charge < -0.3 is 13.7 Å². The molecule has 1 aliphatic carbocycles. The predicted molar refractivity (Wildman–Crippen MR) is 84.9 cm³/mol. The SMILES string of the molecule is CCC1(CC)OC[C@H](CCC2=C(OS(=O)(=O)C(F)(F)F)CCCC2)O1. The Balaban J connectivity index is 2.02. The van der Waals surface area contributed by atoms with E-state index in [0.717, 1.165) is 19.3 Å². The molecule has 0 bridgehead atoms. The lowest BCUT2D eigenvalue weighted by Gasteiger charge is -2.25. The van der Waals surface area contributed by atoms with Crippen LogP contribution in [0.2, 0.25) is 0 Å². The Morgan fingerprint density at radius 3 is 2.40 bits per heavy atom. The number of ether oxygens (including phenoxy) is 2. The maximum atomic E-state index is 12.5. The van der Waals surface area contributed by atoms with E-state index < -0.39 is 21.4 Å². The lowest BCUT2D eigenvalue weighted by molar-refractivity contribution is -0.172. The van der Waals surface area contributed by atoms with Crippen LogP contribution < -0.4 is 0 Å². The Hall–Kier alpha value is -0.800. The number of hydrogen-bond donors (Lipinski definition) is 0. The highest BCUT2D eigenvalue weighted by Gasteiger charge is 2.49. The van der Waals surface area contributed by atoms with E-state index in [0.29, 0.717) is 37.9 Å². The van der Waals surface area contributed by atoms with Crippen LogP contribution in [0.15, 0.2) is 11.3 Å². The van der Waals surface area contributed by atoms with Gasteiger partial charge in [0.1, 0.15) is 5.76 Å². The maximum Gasteiger partial charge on any atom is 0.534 e. The lowest BCUT2D eigenvalue weighted by atomic mass is 9.93. The minimum Gasteiger partial charge on any atom is -0.381 e. The summed E-state index contributed by atoms with van der Waals surface area (Å²) in [5, 5.41) is 0. The monoisotopic (exact) mass is 386 g/mol. The van der Waals surface area contributed by atoms with Gasteiger partial charge in [-0.05, 0) is 50.5 Å². The Labute approximate surface area is 146 Å². The third-order valence-electron chi connectivity index (χ3n) is 4.78. The van der Waals surface area contributed by atoms with Gasteiger partial charge in [-0.3, -0.25) is 0 Å². The van der Waals surface area contributed by atoms with Gasteiger partial charge in [0.05, 0.1) is 12.7 Å². The molecule has 0 aromatic rings. The summed E-state index contributed by atoms with van der Waals surface area (Å²) in [6, 6.07) is 0. The van der Waals surface area contributed by atoms with Gasteiger partial charge in [0.25, 0.3) is 0 Å². The lowest BCUT2D eigenvalue weighted by Crippen LogP contribution is -2.29. The van der Waals surface area contributed by atoms with Gasteiger partial charge in [-0.1, -0.05) is 13.8 Å². The predicted octanol–water partition coefficient (Wildman–Crippen LogP) is 4.39. The number of alkyl halides is 3. The number of hydrogen-bond acceptors (Lipinski definition) is 5. The van der Waals surface area contributed by atoms with Crippen LogP contribution >= 0.6 is 0 Å². The second-order valence-electron chi connectivity index (χ2n) is 6.42. The Bertz CT molecular complexity index is 593. The first-order valence-corrected chi connectivity index (χ1v) is 10.1. The second kappa shape index (κ2) is 7.84. The molecule has 1 saturated heterocycles. The molecular weight excluding hydrogens is 361 g/mol. The van der Waals surface area contributed by atoms with Crippen LogP contribution in [0.5, 0.6) is 0 Å². The molecule has 1 aliphatic heterocycles. The average molecular weight is 386 g/mol. The van der Waals surface area contributed by atoms with E-state index in [9.17, 15) is 21.6 Å². The van der Waals surface area contributed by atoms with Crippen molar-refractivity contribution >= 4 is 10.1 Å². The van der Waals surface area contributed by atoms with Gasteiger partial charge in [-0.25, -0.2) is 0 Å². The fourth-order valence-electron chi connectivity index (χ4n) is 3.20. The Morgan fingerprint density at radius 2 is 1.84 bits per heavy atom. The number of allylic oxidation sites excluding steroid dienone is 2. The third-order valence-corrected chi connectivity index (χ3v) is 5.77. The first-order chi connectivity index (χ1) is 11.6. The molecule has 1 fully saturated rings.